The highest BCUT2D eigenvalue weighted by molar-refractivity contribution is 9.09. The van der Waals surface area contributed by atoms with E-state index in [0.717, 1.165) is 11.1 Å². The highest BCUT2D eigenvalue weighted by Gasteiger charge is 2.56. The van der Waals surface area contributed by atoms with E-state index in [9.17, 15) is 18.6 Å². The minimum absolute atomic E-state index is 0.0901. The number of β-lactam (4-membered cyclic amide) rings is 1. The molecule has 0 spiro atoms. The Kier molecular flexibility index (Phi) is 6.33. The van der Waals surface area contributed by atoms with Gasteiger partial charge in [0.25, 0.3) is 5.91 Å². The molecule has 0 saturated carbocycles. The largest absolute Gasteiger partial charge is 0.448 e. The van der Waals surface area contributed by atoms with E-state index in [1.807, 2.05) is 60.7 Å². The Morgan fingerprint density at radius 3 is 2.26 bits per heavy atom. The zero-order valence-electron chi connectivity index (χ0n) is 16.3. The average molecular weight is 503 g/mol. The summed E-state index contributed by atoms with van der Waals surface area (Å²) < 4.78 is 18.6. The van der Waals surface area contributed by atoms with Gasteiger partial charge in [0.2, 0.25) is 6.41 Å². The number of halogens is 1. The summed E-state index contributed by atoms with van der Waals surface area (Å²) >= 11 is 3.33. The predicted octanol–water partition coefficient (Wildman–Crippen LogP) is 2.01. The van der Waals surface area contributed by atoms with Gasteiger partial charge in [0.15, 0.2) is 6.10 Å². The highest BCUT2D eigenvalue weighted by Crippen LogP contribution is 2.37. The minimum atomic E-state index is -1.44. The fourth-order valence-electron chi connectivity index (χ4n) is 3.79. The van der Waals surface area contributed by atoms with Gasteiger partial charge in [-0.2, -0.15) is 0 Å². The molecule has 2 heterocycles. The Labute approximate surface area is 190 Å². The fourth-order valence-corrected chi connectivity index (χ4v) is 6.21. The average Bonchev–Trinajstić information content (AvgIpc) is 2.81. The molecule has 31 heavy (non-hydrogen) atoms. The fraction of sp³-hybridized carbons (Fsp3) is 0.227. The number of nitrogens with one attached hydrogen (secondary N) is 1. The predicted molar refractivity (Wildman–Crippen MR) is 118 cm³/mol. The molecule has 1 N–H and O–H groups in total. The summed E-state index contributed by atoms with van der Waals surface area (Å²) in [7, 11) is -1.44. The van der Waals surface area contributed by atoms with Crippen LogP contribution in [0.25, 0.3) is 0 Å². The Morgan fingerprint density at radius 2 is 1.74 bits per heavy atom. The molecule has 4 rings (SSSR count). The number of fused-ring (bicyclic) bond motifs is 1. The highest BCUT2D eigenvalue weighted by atomic mass is 79.9. The van der Waals surface area contributed by atoms with Crippen LogP contribution in [0.2, 0.25) is 0 Å². The molecule has 2 aromatic carbocycles. The Hall–Kier alpha value is -2.78. The van der Waals surface area contributed by atoms with Gasteiger partial charge in [-0.05, 0) is 16.7 Å². The van der Waals surface area contributed by atoms with Gasteiger partial charge in [0, 0.05) is 5.33 Å². The molecule has 2 aromatic rings. The van der Waals surface area contributed by atoms with E-state index >= 15 is 0 Å². The second-order valence-electron chi connectivity index (χ2n) is 7.08. The third-order valence-corrected chi connectivity index (χ3v) is 7.57. The van der Waals surface area contributed by atoms with Gasteiger partial charge in [-0.3, -0.25) is 18.7 Å². The number of nitrogens with zero attached hydrogens (tertiary/aromatic N) is 1. The van der Waals surface area contributed by atoms with E-state index in [-0.39, 0.29) is 16.8 Å². The molecule has 3 atom stereocenters. The molecule has 7 nitrogen and oxygen atoms in total. The first-order valence-corrected chi connectivity index (χ1v) is 12.1. The van der Waals surface area contributed by atoms with E-state index in [1.54, 1.807) is 0 Å². The minimum Gasteiger partial charge on any atom is -0.448 e. The number of ether oxygens (including phenoxy) is 1. The smallest absolute Gasteiger partial charge is 0.356 e. The molecule has 1 fully saturated rings. The van der Waals surface area contributed by atoms with E-state index in [0.29, 0.717) is 12.0 Å². The molecule has 1 unspecified atom stereocenters. The normalized spacial score (nSPS) is 22.6. The zero-order chi connectivity index (χ0) is 22.0. The second kappa shape index (κ2) is 9.15. The Morgan fingerprint density at radius 1 is 1.16 bits per heavy atom. The summed E-state index contributed by atoms with van der Waals surface area (Å²) in [4.78, 5) is 38.0. The van der Waals surface area contributed by atoms with Crippen molar-refractivity contribution in [3.8, 4) is 0 Å². The quantitative estimate of drug-likeness (QED) is 0.270. The lowest BCUT2D eigenvalue weighted by atomic mass is 10.0. The van der Waals surface area contributed by atoms with Gasteiger partial charge < -0.3 is 10.1 Å². The van der Waals surface area contributed by atoms with E-state index < -0.39 is 40.2 Å². The molecule has 0 aromatic heterocycles. The molecule has 1 saturated heterocycles. The van der Waals surface area contributed by atoms with Crippen molar-refractivity contribution in [3.63, 3.8) is 0 Å². The lowest BCUT2D eigenvalue weighted by Gasteiger charge is -2.48. The van der Waals surface area contributed by atoms with Crippen LogP contribution < -0.4 is 5.32 Å². The van der Waals surface area contributed by atoms with Crippen LogP contribution in [0.3, 0.4) is 0 Å². The van der Waals surface area contributed by atoms with Gasteiger partial charge in [0.05, 0.1) is 16.6 Å². The number of carbonyl (C=O) groups is 3. The molecule has 0 radical (unpaired) electrons. The van der Waals surface area contributed by atoms with Crippen LogP contribution in [0.5, 0.6) is 0 Å². The number of benzene rings is 2. The molecule has 160 valence electrons. The second-order valence-corrected chi connectivity index (χ2v) is 9.17. The van der Waals surface area contributed by atoms with Crippen LogP contribution in [0.4, 0.5) is 0 Å². The van der Waals surface area contributed by atoms with Gasteiger partial charge >= 0.3 is 5.97 Å². The lowest BCUT2D eigenvalue weighted by molar-refractivity contribution is -0.154. The maximum Gasteiger partial charge on any atom is 0.356 e. The molecule has 2 aliphatic heterocycles. The zero-order valence-corrected chi connectivity index (χ0v) is 18.7. The number of rotatable bonds is 7. The third-order valence-electron chi connectivity index (χ3n) is 5.24. The number of alkyl halides is 1. The van der Waals surface area contributed by atoms with E-state index in [2.05, 4.69) is 21.2 Å². The number of esters is 1. The summed E-state index contributed by atoms with van der Waals surface area (Å²) in [5.74, 6) is -1.04. The molecule has 9 heteroatoms. The number of amides is 2. The van der Waals surface area contributed by atoms with Crippen molar-refractivity contribution in [2.75, 3.05) is 11.1 Å². The van der Waals surface area contributed by atoms with Crippen molar-refractivity contribution < 1.29 is 23.3 Å². The standard InChI is InChI=1S/C22H19BrN2O5S/c23-11-16-12-31(29)21-17(24-13-26)20(27)25(21)18(16)22(28)30-19(14-7-3-1-4-8-14)15-9-5-2-6-10-15/h1-10,13,17,19,21H,11-12H2,(H,24,26)/t17-,21-,31?/m1/s1. The van der Waals surface area contributed by atoms with Crippen LogP contribution in [0.15, 0.2) is 71.9 Å². The SMILES string of the molecule is O=CN[C@@H]1C(=O)N2C(C(=O)OC(c3ccccc3)c3ccccc3)=C(CBr)CS(=O)[C@H]12. The summed E-state index contributed by atoms with van der Waals surface area (Å²) in [5, 5.41) is 1.88. The van der Waals surface area contributed by atoms with Crippen molar-refractivity contribution >= 4 is 45.0 Å². The first-order valence-electron chi connectivity index (χ1n) is 9.55. The Balaban J connectivity index is 1.69. The molecular formula is C22H19BrN2O5S. The topological polar surface area (TPSA) is 92.8 Å². The summed E-state index contributed by atoms with van der Waals surface area (Å²) in [6, 6.07) is 17.7. The summed E-state index contributed by atoms with van der Waals surface area (Å²) in [6.07, 6.45) is -0.273. The summed E-state index contributed by atoms with van der Waals surface area (Å²) in [5.41, 5.74) is 2.19. The van der Waals surface area contributed by atoms with Gasteiger partial charge in [0.1, 0.15) is 17.1 Å². The molecule has 2 amide bonds. The molecule has 0 aliphatic carbocycles. The Bertz CT molecular complexity index is 1020. The third kappa shape index (κ3) is 3.95. The van der Waals surface area contributed by atoms with Crippen LogP contribution in [0.1, 0.15) is 17.2 Å². The van der Waals surface area contributed by atoms with Crippen LogP contribution in [-0.4, -0.2) is 49.9 Å². The van der Waals surface area contributed by atoms with Gasteiger partial charge in [-0.1, -0.05) is 76.6 Å². The van der Waals surface area contributed by atoms with E-state index in [1.165, 1.54) is 4.90 Å². The number of hydrogen-bond acceptors (Lipinski definition) is 5. The first-order chi connectivity index (χ1) is 15.1. The first kappa shape index (κ1) is 21.5. The van der Waals surface area contributed by atoms with Crippen molar-refractivity contribution in [2.45, 2.75) is 17.5 Å². The maximum absolute atomic E-state index is 13.3. The summed E-state index contributed by atoms with van der Waals surface area (Å²) in [6.45, 7) is 0. The van der Waals surface area contributed by atoms with Crippen molar-refractivity contribution in [1.82, 2.24) is 10.2 Å². The van der Waals surface area contributed by atoms with Crippen LogP contribution in [-0.2, 0) is 29.9 Å². The van der Waals surface area contributed by atoms with Crippen LogP contribution >= 0.6 is 15.9 Å². The number of carbonyl (C=O) groups excluding carboxylic acids is 3. The maximum atomic E-state index is 13.3. The van der Waals surface area contributed by atoms with Gasteiger partial charge in [-0.25, -0.2) is 4.79 Å². The monoisotopic (exact) mass is 502 g/mol. The van der Waals surface area contributed by atoms with Crippen molar-refractivity contribution in [1.29, 1.82) is 0 Å². The lowest BCUT2D eigenvalue weighted by Crippen LogP contribution is -2.72. The molecule has 0 bridgehead atoms. The van der Waals surface area contributed by atoms with Crippen molar-refractivity contribution in [2.24, 2.45) is 0 Å². The molecule has 2 aliphatic rings. The van der Waals surface area contributed by atoms with Crippen LogP contribution in [0, 0.1) is 0 Å². The molecular weight excluding hydrogens is 484 g/mol. The van der Waals surface area contributed by atoms with Crippen molar-refractivity contribution in [3.05, 3.63) is 83.1 Å². The number of hydrogen-bond donors (Lipinski definition) is 1. The van der Waals surface area contributed by atoms with Gasteiger partial charge in [-0.15, -0.1) is 0 Å². The van der Waals surface area contributed by atoms with E-state index in [4.69, 9.17) is 4.74 Å².